The Balaban J connectivity index is 0.00000242. The monoisotopic (exact) mass is 348 g/mol. The molecule has 1 aromatic carbocycles. The molecule has 0 unspecified atom stereocenters. The van der Waals surface area contributed by atoms with Gasteiger partial charge in [0, 0.05) is 6.54 Å². The number of benzene rings is 1. The van der Waals surface area contributed by atoms with Crippen molar-refractivity contribution in [2.24, 2.45) is 5.73 Å². The van der Waals surface area contributed by atoms with Crippen LogP contribution in [0.3, 0.4) is 0 Å². The second-order valence-electron chi connectivity index (χ2n) is 4.47. The molecule has 1 heterocycles. The Labute approximate surface area is 135 Å². The van der Waals surface area contributed by atoms with Gasteiger partial charge in [0.05, 0.1) is 12.4 Å². The number of nitrogens with one attached hydrogen (secondary N) is 1. The summed E-state index contributed by atoms with van der Waals surface area (Å²) in [4.78, 5) is -0.00139. The maximum absolute atomic E-state index is 13.6. The van der Waals surface area contributed by atoms with Gasteiger partial charge >= 0.3 is 0 Å². The van der Waals surface area contributed by atoms with Crippen LogP contribution in [0.25, 0.3) is 5.69 Å². The van der Waals surface area contributed by atoms with Crippen molar-refractivity contribution in [3.63, 3.8) is 0 Å². The molecule has 0 radical (unpaired) electrons. The van der Waals surface area contributed by atoms with Crippen molar-refractivity contribution in [1.82, 2.24) is 14.5 Å². The normalized spacial score (nSPS) is 11.2. The van der Waals surface area contributed by atoms with Crippen molar-refractivity contribution in [3.05, 3.63) is 42.5 Å². The van der Waals surface area contributed by atoms with Gasteiger partial charge in [0.1, 0.15) is 16.4 Å². The molecule has 0 spiro atoms. The van der Waals surface area contributed by atoms with Gasteiger partial charge in [-0.25, -0.2) is 22.2 Å². The smallest absolute Gasteiger partial charge is 0.243 e. The molecule has 3 N–H and O–H groups in total. The van der Waals surface area contributed by atoms with Crippen LogP contribution in [-0.2, 0) is 10.0 Å². The van der Waals surface area contributed by atoms with Crippen molar-refractivity contribution < 1.29 is 12.8 Å². The second-order valence-corrected chi connectivity index (χ2v) is 6.23. The molecule has 0 aliphatic rings. The topological polar surface area (TPSA) is 90.0 Å². The van der Waals surface area contributed by atoms with Crippen LogP contribution in [0.15, 0.2) is 41.6 Å². The minimum atomic E-state index is -3.64. The maximum atomic E-state index is 13.6. The number of halogens is 2. The first-order chi connectivity index (χ1) is 10.0. The van der Waals surface area contributed by atoms with Crippen molar-refractivity contribution in [1.29, 1.82) is 0 Å². The second kappa shape index (κ2) is 8.23. The molecule has 6 nitrogen and oxygen atoms in total. The average molecular weight is 349 g/mol. The van der Waals surface area contributed by atoms with Gasteiger partial charge in [-0.2, -0.15) is 5.10 Å². The zero-order valence-corrected chi connectivity index (χ0v) is 13.4. The van der Waals surface area contributed by atoms with Gasteiger partial charge in [-0.05, 0) is 31.5 Å². The molecule has 0 bridgehead atoms. The van der Waals surface area contributed by atoms with Gasteiger partial charge in [0.25, 0.3) is 0 Å². The molecule has 0 saturated carbocycles. The quantitative estimate of drug-likeness (QED) is 0.741. The third-order valence-corrected chi connectivity index (χ3v) is 4.31. The lowest BCUT2D eigenvalue weighted by molar-refractivity contribution is 0.577. The van der Waals surface area contributed by atoms with Crippen LogP contribution in [0, 0.1) is 5.82 Å². The van der Waals surface area contributed by atoms with E-state index in [9.17, 15) is 12.8 Å². The number of para-hydroxylation sites is 1. The molecule has 0 aliphatic heterocycles. The fourth-order valence-electron chi connectivity index (χ4n) is 1.77. The highest BCUT2D eigenvalue weighted by Gasteiger charge is 2.17. The van der Waals surface area contributed by atoms with Crippen LogP contribution < -0.4 is 10.5 Å². The summed E-state index contributed by atoms with van der Waals surface area (Å²) in [6.07, 6.45) is 3.88. The summed E-state index contributed by atoms with van der Waals surface area (Å²) in [5.41, 5.74) is 5.54. The molecule has 2 rings (SSSR count). The van der Waals surface area contributed by atoms with Gasteiger partial charge in [-0.3, -0.25) is 0 Å². The minimum absolute atomic E-state index is 0. The summed E-state index contributed by atoms with van der Waals surface area (Å²) in [5, 5.41) is 3.90. The lowest BCUT2D eigenvalue weighted by atomic mass is 10.3. The van der Waals surface area contributed by atoms with E-state index in [1.165, 1.54) is 29.2 Å². The number of unbranched alkanes of at least 4 members (excludes halogenated alkanes) is 1. The van der Waals surface area contributed by atoms with E-state index in [0.717, 1.165) is 6.42 Å². The summed E-state index contributed by atoms with van der Waals surface area (Å²) >= 11 is 0. The van der Waals surface area contributed by atoms with Crippen LogP contribution in [0.1, 0.15) is 12.8 Å². The number of nitrogens with zero attached hydrogens (tertiary/aromatic N) is 2. The molecule has 0 aliphatic carbocycles. The molecule has 0 saturated heterocycles. The number of aromatic nitrogens is 2. The first kappa shape index (κ1) is 18.6. The summed E-state index contributed by atoms with van der Waals surface area (Å²) in [5.74, 6) is -0.472. The SMILES string of the molecule is Cl.NCCCCNS(=O)(=O)c1cnn(-c2ccccc2F)c1. The molecular weight excluding hydrogens is 331 g/mol. The van der Waals surface area contributed by atoms with Crippen molar-refractivity contribution in [2.75, 3.05) is 13.1 Å². The van der Waals surface area contributed by atoms with Gasteiger partial charge in [-0.1, -0.05) is 12.1 Å². The summed E-state index contributed by atoms with van der Waals surface area (Å²) < 4.78 is 41.4. The van der Waals surface area contributed by atoms with Gasteiger partial charge in [0.2, 0.25) is 10.0 Å². The molecule has 0 amide bonds. The first-order valence-corrected chi connectivity index (χ1v) is 8.02. The van der Waals surface area contributed by atoms with Crippen LogP contribution in [0.2, 0.25) is 0 Å². The summed E-state index contributed by atoms with van der Waals surface area (Å²) in [7, 11) is -3.64. The van der Waals surface area contributed by atoms with Crippen molar-refractivity contribution in [3.8, 4) is 5.69 Å². The van der Waals surface area contributed by atoms with E-state index in [1.807, 2.05) is 0 Å². The highest BCUT2D eigenvalue weighted by Crippen LogP contribution is 2.15. The molecule has 1 aromatic heterocycles. The highest BCUT2D eigenvalue weighted by atomic mass is 35.5. The average Bonchev–Trinajstić information content (AvgIpc) is 2.95. The van der Waals surface area contributed by atoms with E-state index in [2.05, 4.69) is 9.82 Å². The van der Waals surface area contributed by atoms with Crippen LogP contribution in [-0.4, -0.2) is 31.3 Å². The first-order valence-electron chi connectivity index (χ1n) is 6.54. The Kier molecular flexibility index (Phi) is 6.95. The number of hydrogen-bond acceptors (Lipinski definition) is 4. The van der Waals surface area contributed by atoms with Crippen LogP contribution in [0.5, 0.6) is 0 Å². The Morgan fingerprint density at radius 1 is 1.27 bits per heavy atom. The van der Waals surface area contributed by atoms with Crippen LogP contribution in [0.4, 0.5) is 4.39 Å². The molecular formula is C13H18ClFN4O2S. The van der Waals surface area contributed by atoms with Crippen molar-refractivity contribution >= 4 is 22.4 Å². The zero-order chi connectivity index (χ0) is 15.3. The van der Waals surface area contributed by atoms with E-state index < -0.39 is 15.8 Å². The number of sulfonamides is 1. The van der Waals surface area contributed by atoms with E-state index in [0.29, 0.717) is 19.5 Å². The van der Waals surface area contributed by atoms with Crippen molar-refractivity contribution in [2.45, 2.75) is 17.7 Å². The zero-order valence-electron chi connectivity index (χ0n) is 11.8. The third-order valence-electron chi connectivity index (χ3n) is 2.89. The predicted molar refractivity (Wildman–Crippen MR) is 84.2 cm³/mol. The van der Waals surface area contributed by atoms with E-state index >= 15 is 0 Å². The van der Waals surface area contributed by atoms with Gasteiger partial charge in [0.15, 0.2) is 0 Å². The molecule has 122 valence electrons. The third kappa shape index (κ3) is 4.51. The van der Waals surface area contributed by atoms with Gasteiger partial charge < -0.3 is 5.73 Å². The molecule has 22 heavy (non-hydrogen) atoms. The molecule has 0 atom stereocenters. The number of nitrogens with two attached hydrogens (primary N) is 1. The van der Waals surface area contributed by atoms with Crippen LogP contribution >= 0.6 is 12.4 Å². The Morgan fingerprint density at radius 3 is 2.68 bits per heavy atom. The molecule has 0 fully saturated rings. The number of rotatable bonds is 7. The standard InChI is InChI=1S/C13H17FN4O2S.ClH/c14-12-5-1-2-6-13(12)18-10-11(9-16-18)21(19,20)17-8-4-3-7-15;/h1-2,5-6,9-10,17H,3-4,7-8,15H2;1H. The largest absolute Gasteiger partial charge is 0.330 e. The van der Waals surface area contributed by atoms with E-state index in [4.69, 9.17) is 5.73 Å². The fourth-order valence-corrected chi connectivity index (χ4v) is 2.78. The lowest BCUT2D eigenvalue weighted by Crippen LogP contribution is -2.24. The van der Waals surface area contributed by atoms with Gasteiger partial charge in [-0.15, -0.1) is 12.4 Å². The highest BCUT2D eigenvalue weighted by molar-refractivity contribution is 7.89. The van der Waals surface area contributed by atoms with E-state index in [1.54, 1.807) is 12.1 Å². The summed E-state index contributed by atoms with van der Waals surface area (Å²) in [6, 6.07) is 6.02. The summed E-state index contributed by atoms with van der Waals surface area (Å²) in [6.45, 7) is 0.831. The lowest BCUT2D eigenvalue weighted by Gasteiger charge is -2.04. The molecule has 9 heteroatoms. The maximum Gasteiger partial charge on any atom is 0.243 e. The number of hydrogen-bond donors (Lipinski definition) is 2. The van der Waals surface area contributed by atoms with E-state index in [-0.39, 0.29) is 23.0 Å². The Bertz CT molecular complexity index is 706. The fraction of sp³-hybridized carbons (Fsp3) is 0.308. The predicted octanol–water partition coefficient (Wildman–Crippen LogP) is 1.45. The minimum Gasteiger partial charge on any atom is -0.330 e. The Morgan fingerprint density at radius 2 is 2.00 bits per heavy atom. The Hall–Kier alpha value is -1.48. The molecule has 2 aromatic rings.